The SMILES string of the molecule is CC(C)CN(C)c1c(F)cc(CNC(C)C)cc1F. The maximum absolute atomic E-state index is 14.0. The summed E-state index contributed by atoms with van der Waals surface area (Å²) in [7, 11) is 1.72. The van der Waals surface area contributed by atoms with Crippen LogP contribution in [0.4, 0.5) is 14.5 Å². The van der Waals surface area contributed by atoms with Crippen LogP contribution in [-0.2, 0) is 6.54 Å². The van der Waals surface area contributed by atoms with Crippen LogP contribution in [0.1, 0.15) is 33.3 Å². The lowest BCUT2D eigenvalue weighted by Crippen LogP contribution is -2.25. The van der Waals surface area contributed by atoms with E-state index in [1.54, 1.807) is 11.9 Å². The maximum Gasteiger partial charge on any atom is 0.149 e. The first-order chi connectivity index (χ1) is 8.81. The Hall–Kier alpha value is -1.16. The fourth-order valence-corrected chi connectivity index (χ4v) is 2.05. The highest BCUT2D eigenvalue weighted by Crippen LogP contribution is 2.24. The molecule has 0 saturated carbocycles. The third kappa shape index (κ3) is 4.78. The Morgan fingerprint density at radius 1 is 1.11 bits per heavy atom. The molecule has 19 heavy (non-hydrogen) atoms. The second kappa shape index (κ2) is 6.85. The van der Waals surface area contributed by atoms with Crippen molar-refractivity contribution in [2.75, 3.05) is 18.5 Å². The summed E-state index contributed by atoms with van der Waals surface area (Å²) in [5.74, 6) is -0.640. The first-order valence-corrected chi connectivity index (χ1v) is 6.73. The Balaban J connectivity index is 2.90. The summed E-state index contributed by atoms with van der Waals surface area (Å²) in [5.41, 5.74) is 0.687. The largest absolute Gasteiger partial charge is 0.370 e. The molecule has 108 valence electrons. The molecule has 0 unspecified atom stereocenters. The summed E-state index contributed by atoms with van der Waals surface area (Å²) < 4.78 is 28.1. The molecular weight excluding hydrogens is 246 g/mol. The van der Waals surface area contributed by atoms with E-state index < -0.39 is 11.6 Å². The minimum Gasteiger partial charge on any atom is -0.370 e. The zero-order valence-corrected chi connectivity index (χ0v) is 12.4. The summed E-state index contributed by atoms with van der Waals surface area (Å²) in [4.78, 5) is 1.63. The maximum atomic E-state index is 14.0. The molecule has 1 rings (SSSR count). The van der Waals surface area contributed by atoms with E-state index in [2.05, 4.69) is 5.32 Å². The van der Waals surface area contributed by atoms with Gasteiger partial charge in [0.1, 0.15) is 17.3 Å². The number of hydrogen-bond acceptors (Lipinski definition) is 2. The number of hydrogen-bond donors (Lipinski definition) is 1. The lowest BCUT2D eigenvalue weighted by atomic mass is 10.1. The van der Waals surface area contributed by atoms with Crippen LogP contribution in [-0.4, -0.2) is 19.6 Å². The predicted octanol–water partition coefficient (Wildman–Crippen LogP) is 3.56. The van der Waals surface area contributed by atoms with Gasteiger partial charge in [0.15, 0.2) is 0 Å². The number of rotatable bonds is 6. The van der Waals surface area contributed by atoms with Crippen molar-refractivity contribution in [2.45, 2.75) is 40.3 Å². The lowest BCUT2D eigenvalue weighted by Gasteiger charge is -2.23. The fraction of sp³-hybridized carbons (Fsp3) is 0.600. The molecule has 0 spiro atoms. The van der Waals surface area contributed by atoms with Gasteiger partial charge in [-0.15, -0.1) is 0 Å². The van der Waals surface area contributed by atoms with Gasteiger partial charge in [0.05, 0.1) is 0 Å². The van der Waals surface area contributed by atoms with Gasteiger partial charge in [0.2, 0.25) is 0 Å². The van der Waals surface area contributed by atoms with Gasteiger partial charge in [-0.05, 0) is 23.6 Å². The molecule has 0 bridgehead atoms. The molecule has 0 amide bonds. The summed E-state index contributed by atoms with van der Waals surface area (Å²) >= 11 is 0. The summed E-state index contributed by atoms with van der Waals surface area (Å²) in [6, 6.07) is 3.10. The molecule has 1 aromatic rings. The van der Waals surface area contributed by atoms with Crippen LogP contribution in [0.2, 0.25) is 0 Å². The van der Waals surface area contributed by atoms with Crippen molar-refractivity contribution in [2.24, 2.45) is 5.92 Å². The van der Waals surface area contributed by atoms with Gasteiger partial charge in [-0.2, -0.15) is 0 Å². The Morgan fingerprint density at radius 2 is 1.63 bits per heavy atom. The zero-order chi connectivity index (χ0) is 14.6. The molecule has 0 heterocycles. The van der Waals surface area contributed by atoms with E-state index >= 15 is 0 Å². The van der Waals surface area contributed by atoms with E-state index in [1.807, 2.05) is 27.7 Å². The summed E-state index contributed by atoms with van der Waals surface area (Å²) in [5, 5.41) is 3.15. The van der Waals surface area contributed by atoms with Crippen LogP contribution in [0.3, 0.4) is 0 Å². The zero-order valence-electron chi connectivity index (χ0n) is 12.4. The molecule has 0 aliphatic rings. The second-order valence-electron chi connectivity index (χ2n) is 5.72. The Kier molecular flexibility index (Phi) is 5.73. The molecule has 0 aliphatic heterocycles. The van der Waals surface area contributed by atoms with Gasteiger partial charge < -0.3 is 10.2 Å². The normalized spacial score (nSPS) is 11.4. The number of anilines is 1. The Labute approximate surface area is 114 Å². The third-order valence-corrected chi connectivity index (χ3v) is 2.81. The van der Waals surface area contributed by atoms with Crippen LogP contribution in [0.5, 0.6) is 0 Å². The summed E-state index contributed by atoms with van der Waals surface area (Å²) in [6.07, 6.45) is 0. The molecule has 0 aromatic heterocycles. The van der Waals surface area contributed by atoms with Crippen molar-refractivity contribution in [1.82, 2.24) is 5.32 Å². The van der Waals surface area contributed by atoms with Crippen molar-refractivity contribution < 1.29 is 8.78 Å². The van der Waals surface area contributed by atoms with Gasteiger partial charge in [-0.1, -0.05) is 27.7 Å². The fourth-order valence-electron chi connectivity index (χ4n) is 2.05. The minimum atomic E-state index is -0.497. The molecule has 4 heteroatoms. The first kappa shape index (κ1) is 15.9. The lowest BCUT2D eigenvalue weighted by molar-refractivity contribution is 0.548. The van der Waals surface area contributed by atoms with Crippen LogP contribution in [0.25, 0.3) is 0 Å². The van der Waals surface area contributed by atoms with Gasteiger partial charge in [0, 0.05) is 26.2 Å². The average molecular weight is 270 g/mol. The number of nitrogens with zero attached hydrogens (tertiary/aromatic N) is 1. The quantitative estimate of drug-likeness (QED) is 0.850. The summed E-state index contributed by atoms with van der Waals surface area (Å²) in [6.45, 7) is 9.13. The average Bonchev–Trinajstić information content (AvgIpc) is 2.24. The van der Waals surface area contributed by atoms with E-state index in [-0.39, 0.29) is 11.7 Å². The van der Waals surface area contributed by atoms with Crippen LogP contribution in [0, 0.1) is 17.6 Å². The molecule has 2 nitrogen and oxygen atoms in total. The monoisotopic (exact) mass is 270 g/mol. The number of halogens is 2. The van der Waals surface area contributed by atoms with Gasteiger partial charge >= 0.3 is 0 Å². The smallest absolute Gasteiger partial charge is 0.149 e. The van der Waals surface area contributed by atoms with Crippen molar-refractivity contribution in [1.29, 1.82) is 0 Å². The van der Waals surface area contributed by atoms with Gasteiger partial charge in [0.25, 0.3) is 0 Å². The molecule has 0 aliphatic carbocycles. The molecule has 0 atom stereocenters. The van der Waals surface area contributed by atoms with Crippen LogP contribution in [0.15, 0.2) is 12.1 Å². The molecular formula is C15H24F2N2. The van der Waals surface area contributed by atoms with Crippen molar-refractivity contribution >= 4 is 5.69 Å². The van der Waals surface area contributed by atoms with E-state index in [0.29, 0.717) is 24.6 Å². The molecule has 1 N–H and O–H groups in total. The number of nitrogens with one attached hydrogen (secondary N) is 1. The van der Waals surface area contributed by atoms with Crippen molar-refractivity contribution in [3.8, 4) is 0 Å². The standard InChI is InChI=1S/C15H24F2N2/c1-10(2)9-19(5)15-13(16)6-12(7-14(15)17)8-18-11(3)4/h6-7,10-11,18H,8-9H2,1-5H3. The molecule has 0 radical (unpaired) electrons. The molecule has 0 fully saturated rings. The third-order valence-electron chi connectivity index (χ3n) is 2.81. The van der Waals surface area contributed by atoms with E-state index in [9.17, 15) is 8.78 Å². The van der Waals surface area contributed by atoms with E-state index in [1.165, 1.54) is 12.1 Å². The topological polar surface area (TPSA) is 15.3 Å². The van der Waals surface area contributed by atoms with Gasteiger partial charge in [-0.3, -0.25) is 0 Å². The van der Waals surface area contributed by atoms with E-state index in [4.69, 9.17) is 0 Å². The Bertz CT molecular complexity index is 394. The highest BCUT2D eigenvalue weighted by atomic mass is 19.1. The first-order valence-electron chi connectivity index (χ1n) is 6.73. The van der Waals surface area contributed by atoms with Gasteiger partial charge in [-0.25, -0.2) is 8.78 Å². The molecule has 0 saturated heterocycles. The molecule has 1 aromatic carbocycles. The minimum absolute atomic E-state index is 0.0574. The van der Waals surface area contributed by atoms with Crippen molar-refractivity contribution in [3.63, 3.8) is 0 Å². The van der Waals surface area contributed by atoms with E-state index in [0.717, 1.165) is 0 Å². The van der Waals surface area contributed by atoms with Crippen molar-refractivity contribution in [3.05, 3.63) is 29.3 Å². The van der Waals surface area contributed by atoms with Crippen LogP contribution < -0.4 is 10.2 Å². The predicted molar refractivity (Wildman–Crippen MR) is 76.4 cm³/mol. The van der Waals surface area contributed by atoms with Crippen LogP contribution >= 0.6 is 0 Å². The highest BCUT2D eigenvalue weighted by molar-refractivity contribution is 5.50. The highest BCUT2D eigenvalue weighted by Gasteiger charge is 2.16. The second-order valence-corrected chi connectivity index (χ2v) is 5.72. The Morgan fingerprint density at radius 3 is 2.05 bits per heavy atom. The number of benzene rings is 1.